The maximum absolute atomic E-state index is 12.4. The van der Waals surface area contributed by atoms with Crippen molar-refractivity contribution < 1.29 is 14.3 Å². The second kappa shape index (κ2) is 4.81. The molecule has 2 aromatic rings. The Hall–Kier alpha value is -2.94. The molecule has 1 heterocycles. The molecule has 2 aromatic carbocycles. The van der Waals surface area contributed by atoms with E-state index >= 15 is 0 Å². The molecule has 1 atom stereocenters. The summed E-state index contributed by atoms with van der Waals surface area (Å²) < 4.78 is 5.60. The van der Waals surface area contributed by atoms with Crippen LogP contribution in [0.5, 0.6) is 0 Å². The maximum atomic E-state index is 12.4. The van der Waals surface area contributed by atoms with Crippen LogP contribution in [0.2, 0.25) is 0 Å². The maximum Gasteiger partial charge on any atom is 0.216 e. The fraction of sp³-hybridized carbons (Fsp3) is 0.0526. The lowest BCUT2D eigenvalue weighted by molar-refractivity contribution is -0.125. The minimum Gasteiger partial charge on any atom is -0.457 e. The van der Waals surface area contributed by atoms with Crippen LogP contribution in [0.1, 0.15) is 5.56 Å². The van der Waals surface area contributed by atoms with E-state index in [4.69, 9.17) is 4.74 Å². The molecular weight excluding hydrogens is 276 g/mol. The number of hydrogen-bond acceptors (Lipinski definition) is 3. The molecule has 3 heteroatoms. The lowest BCUT2D eigenvalue weighted by Gasteiger charge is -2.05. The third-order valence-electron chi connectivity index (χ3n) is 3.93. The van der Waals surface area contributed by atoms with Gasteiger partial charge in [-0.1, -0.05) is 48.5 Å². The van der Waals surface area contributed by atoms with Gasteiger partial charge in [-0.3, -0.25) is 9.59 Å². The van der Waals surface area contributed by atoms with Crippen LogP contribution in [0.15, 0.2) is 72.2 Å². The van der Waals surface area contributed by atoms with Crippen LogP contribution < -0.4 is 0 Å². The molecule has 0 amide bonds. The molecule has 0 saturated carbocycles. The van der Waals surface area contributed by atoms with Crippen molar-refractivity contribution in [3.63, 3.8) is 0 Å². The van der Waals surface area contributed by atoms with Crippen LogP contribution in [0.3, 0.4) is 0 Å². The number of ketones is 2. The van der Waals surface area contributed by atoms with Crippen molar-refractivity contribution in [3.8, 4) is 0 Å². The van der Waals surface area contributed by atoms with Crippen LogP contribution in [0.25, 0.3) is 16.8 Å². The number of carbonyl (C=O) groups is 2. The van der Waals surface area contributed by atoms with Gasteiger partial charge in [0, 0.05) is 0 Å². The number of allylic oxidation sites excluding steroid dienone is 5. The van der Waals surface area contributed by atoms with E-state index in [0.717, 1.165) is 16.3 Å². The van der Waals surface area contributed by atoms with Crippen molar-refractivity contribution in [3.05, 3.63) is 77.8 Å². The molecule has 0 aromatic heterocycles. The molecule has 1 fully saturated rings. The van der Waals surface area contributed by atoms with Crippen molar-refractivity contribution in [1.29, 1.82) is 0 Å². The van der Waals surface area contributed by atoms with Gasteiger partial charge in [0.05, 0.1) is 0 Å². The Morgan fingerprint density at radius 3 is 2.68 bits per heavy atom. The lowest BCUT2D eigenvalue weighted by atomic mass is 9.94. The molecule has 0 spiro atoms. The van der Waals surface area contributed by atoms with Crippen LogP contribution >= 0.6 is 0 Å². The number of hydrogen-bond donors (Lipinski definition) is 0. The Kier molecular flexibility index (Phi) is 2.79. The zero-order valence-corrected chi connectivity index (χ0v) is 11.7. The second-order valence-corrected chi connectivity index (χ2v) is 5.31. The number of ether oxygens (including phenoxy) is 1. The van der Waals surface area contributed by atoms with E-state index in [1.54, 1.807) is 18.2 Å². The fourth-order valence-corrected chi connectivity index (χ4v) is 2.86. The third-order valence-corrected chi connectivity index (χ3v) is 3.93. The van der Waals surface area contributed by atoms with Gasteiger partial charge in [0.1, 0.15) is 11.7 Å². The molecule has 1 aliphatic heterocycles. The highest BCUT2D eigenvalue weighted by Crippen LogP contribution is 2.34. The second-order valence-electron chi connectivity index (χ2n) is 5.31. The van der Waals surface area contributed by atoms with Crippen LogP contribution in [-0.2, 0) is 14.3 Å². The highest BCUT2D eigenvalue weighted by molar-refractivity contribution is 6.19. The summed E-state index contributed by atoms with van der Waals surface area (Å²) in [5.41, 5.74) is 0.904. The summed E-state index contributed by atoms with van der Waals surface area (Å²) in [7, 11) is 0. The Labute approximate surface area is 127 Å². The Morgan fingerprint density at radius 1 is 1.00 bits per heavy atom. The number of benzene rings is 2. The number of fused-ring (bicyclic) bond motifs is 2. The normalized spacial score (nSPS) is 21.9. The van der Waals surface area contributed by atoms with Gasteiger partial charge in [-0.15, -0.1) is 0 Å². The van der Waals surface area contributed by atoms with Crippen LogP contribution in [-0.4, -0.2) is 11.6 Å². The van der Waals surface area contributed by atoms with E-state index in [9.17, 15) is 9.59 Å². The van der Waals surface area contributed by atoms with Crippen molar-refractivity contribution in [2.45, 2.75) is 0 Å². The van der Waals surface area contributed by atoms with Gasteiger partial charge in [0.25, 0.3) is 0 Å². The van der Waals surface area contributed by atoms with E-state index in [1.165, 1.54) is 6.08 Å². The summed E-state index contributed by atoms with van der Waals surface area (Å²) in [6.07, 6.45) is 6.42. The number of carbonyl (C=O) groups excluding carboxylic acids is 2. The average Bonchev–Trinajstić information content (AvgIpc) is 2.85. The van der Waals surface area contributed by atoms with Crippen LogP contribution in [0, 0.1) is 5.92 Å². The zero-order chi connectivity index (χ0) is 15.1. The van der Waals surface area contributed by atoms with Crippen molar-refractivity contribution in [1.82, 2.24) is 0 Å². The van der Waals surface area contributed by atoms with Gasteiger partial charge in [-0.05, 0) is 34.6 Å². The van der Waals surface area contributed by atoms with Crippen molar-refractivity contribution in [2.24, 2.45) is 5.92 Å². The first kappa shape index (κ1) is 12.8. The summed E-state index contributed by atoms with van der Waals surface area (Å²) in [5.74, 6) is -0.641. The molecule has 3 nitrogen and oxygen atoms in total. The van der Waals surface area contributed by atoms with Gasteiger partial charge in [0.15, 0.2) is 11.5 Å². The molecule has 0 bridgehead atoms. The molecule has 22 heavy (non-hydrogen) atoms. The minimum atomic E-state index is -0.800. The zero-order valence-electron chi connectivity index (χ0n) is 11.7. The van der Waals surface area contributed by atoms with Gasteiger partial charge in [-0.25, -0.2) is 0 Å². The average molecular weight is 288 g/mol. The standard InChI is InChI=1S/C19H12O3/c20-15-9-4-10-16-18(15)19(21)17(22-16)11-13-7-3-6-12-5-1-2-8-14(12)13/h1-11,18H/b17-11-. The van der Waals surface area contributed by atoms with E-state index in [-0.39, 0.29) is 17.3 Å². The monoisotopic (exact) mass is 288 g/mol. The van der Waals surface area contributed by atoms with E-state index in [0.29, 0.717) is 5.76 Å². The van der Waals surface area contributed by atoms with Crippen molar-refractivity contribution >= 4 is 28.4 Å². The summed E-state index contributed by atoms with van der Waals surface area (Å²) >= 11 is 0. The largest absolute Gasteiger partial charge is 0.457 e. The summed E-state index contributed by atoms with van der Waals surface area (Å²) in [6.45, 7) is 0. The van der Waals surface area contributed by atoms with Gasteiger partial charge >= 0.3 is 0 Å². The predicted molar refractivity (Wildman–Crippen MR) is 83.7 cm³/mol. The summed E-state index contributed by atoms with van der Waals surface area (Å²) in [6, 6.07) is 13.8. The van der Waals surface area contributed by atoms with E-state index < -0.39 is 5.92 Å². The quantitative estimate of drug-likeness (QED) is 0.596. The number of Topliss-reactive ketones (excluding diaryl/α,β-unsaturated/α-hetero) is 1. The van der Waals surface area contributed by atoms with Crippen LogP contribution in [0.4, 0.5) is 0 Å². The summed E-state index contributed by atoms with van der Waals surface area (Å²) in [4.78, 5) is 24.2. The Morgan fingerprint density at radius 2 is 1.82 bits per heavy atom. The highest BCUT2D eigenvalue weighted by Gasteiger charge is 2.41. The Balaban J connectivity index is 1.80. The fourth-order valence-electron chi connectivity index (χ4n) is 2.86. The molecule has 1 aliphatic carbocycles. The first-order valence-electron chi connectivity index (χ1n) is 7.08. The van der Waals surface area contributed by atoms with Gasteiger partial charge in [0.2, 0.25) is 5.78 Å². The molecular formula is C19H12O3. The van der Waals surface area contributed by atoms with Gasteiger partial charge < -0.3 is 4.74 Å². The SMILES string of the molecule is O=C1C=CC=C2O/C(=C\c3cccc4ccccc34)C(=O)C12. The third kappa shape index (κ3) is 1.91. The predicted octanol–water partition coefficient (Wildman–Crippen LogP) is 3.42. The molecule has 1 unspecified atom stereocenters. The van der Waals surface area contributed by atoms with Crippen molar-refractivity contribution in [2.75, 3.05) is 0 Å². The number of rotatable bonds is 1. The minimum absolute atomic E-state index is 0.219. The molecule has 4 rings (SSSR count). The van der Waals surface area contributed by atoms with Gasteiger partial charge in [-0.2, -0.15) is 0 Å². The first-order valence-corrected chi connectivity index (χ1v) is 7.08. The van der Waals surface area contributed by atoms with E-state index in [1.807, 2.05) is 42.5 Å². The highest BCUT2D eigenvalue weighted by atomic mass is 16.5. The Bertz CT molecular complexity index is 895. The first-order chi connectivity index (χ1) is 10.7. The molecule has 2 aliphatic rings. The topological polar surface area (TPSA) is 43.4 Å². The summed E-state index contributed by atoms with van der Waals surface area (Å²) in [5, 5.41) is 2.14. The molecule has 1 saturated heterocycles. The molecule has 0 N–H and O–H groups in total. The molecule has 106 valence electrons. The van der Waals surface area contributed by atoms with E-state index in [2.05, 4.69) is 0 Å². The molecule has 0 radical (unpaired) electrons. The lowest BCUT2D eigenvalue weighted by Crippen LogP contribution is -2.20. The smallest absolute Gasteiger partial charge is 0.216 e.